The molecule has 17 heteroatoms. The molecule has 0 aromatic carbocycles. The topological polar surface area (TPSA) is 186 Å². The molecule has 11 nitrogen and oxygen atoms in total. The molecule has 1 rings (SSSR count). The average Bonchev–Trinajstić information content (AvgIpc) is 2.65. The van der Waals surface area contributed by atoms with E-state index in [1.165, 1.54) is 25.1 Å². The van der Waals surface area contributed by atoms with Crippen LogP contribution in [0.1, 0.15) is 25.6 Å². The summed E-state index contributed by atoms with van der Waals surface area (Å²) in [5.74, 6) is 1.32. The van der Waals surface area contributed by atoms with Gasteiger partial charge in [-0.25, -0.2) is 18.0 Å². The number of aromatic amines is 1. The van der Waals surface area contributed by atoms with Crippen molar-refractivity contribution in [1.82, 2.24) is 4.98 Å². The van der Waals surface area contributed by atoms with E-state index in [1.807, 2.05) is 12.4 Å². The molecule has 152 valence electrons. The first-order valence-corrected chi connectivity index (χ1v) is 9.85. The van der Waals surface area contributed by atoms with Crippen molar-refractivity contribution >= 4 is 31.5 Å². The Kier molecular flexibility index (Phi) is 14.8. The van der Waals surface area contributed by atoms with Crippen molar-refractivity contribution < 1.29 is 55.1 Å². The lowest BCUT2D eigenvalue weighted by Crippen LogP contribution is -2.30. The van der Waals surface area contributed by atoms with Gasteiger partial charge in [-0.3, -0.25) is 9.11 Å². The number of halogens is 3. The third-order valence-corrected chi connectivity index (χ3v) is 1.74. The first kappa shape index (κ1) is 28.5. The predicted molar refractivity (Wildman–Crippen MR) is 76.7 cm³/mol. The van der Waals surface area contributed by atoms with Crippen LogP contribution < -0.4 is 4.57 Å². The van der Waals surface area contributed by atoms with E-state index < -0.39 is 31.5 Å². The quantitative estimate of drug-likeness (QED) is 0.335. The molecule has 0 unspecified atom stereocenters. The molecule has 25 heavy (non-hydrogen) atoms. The minimum absolute atomic E-state index is 1.17. The molecule has 0 aliphatic heterocycles. The van der Waals surface area contributed by atoms with Gasteiger partial charge in [0.25, 0.3) is 16.3 Å². The monoisotopic (exact) mass is 438 g/mol. The summed E-state index contributed by atoms with van der Waals surface area (Å²) in [6, 6.07) is 0. The highest BCUT2D eigenvalue weighted by Gasteiger charge is 2.03. The molecule has 0 atom stereocenters. The number of nitrogens with zero attached hydrogens (tertiary/aromatic N) is 1. The Morgan fingerprint density at radius 2 is 1.40 bits per heavy atom. The molecule has 0 aliphatic carbocycles. The molecule has 1 aromatic heterocycles. The number of rotatable bonds is 3. The molecule has 0 spiro atoms. The van der Waals surface area contributed by atoms with E-state index in [2.05, 4.69) is 23.5 Å². The number of imidazole rings is 1. The molecule has 0 bridgehead atoms. The Morgan fingerprint density at radius 3 is 1.60 bits per heavy atom. The highest BCUT2D eigenvalue weighted by atomic mass is 32.3. The van der Waals surface area contributed by atoms with Crippen LogP contribution in [0, 0.1) is 0 Å². The summed E-state index contributed by atoms with van der Waals surface area (Å²) >= 11 is 0. The predicted octanol–water partition coefficient (Wildman–Crippen LogP) is 0.115. The fourth-order valence-electron chi connectivity index (χ4n) is 1.03. The molecule has 0 amide bonds. The highest BCUT2D eigenvalue weighted by Crippen LogP contribution is 1.94. The molecule has 0 saturated carbocycles. The number of H-pyrrole nitrogens is 1. The molecule has 0 saturated heterocycles. The van der Waals surface area contributed by atoms with Crippen LogP contribution in [0.25, 0.3) is 0 Å². The van der Waals surface area contributed by atoms with Gasteiger partial charge in [0.15, 0.2) is 0 Å². The zero-order valence-electron chi connectivity index (χ0n) is 12.8. The van der Waals surface area contributed by atoms with Gasteiger partial charge in [-0.1, -0.05) is 21.1 Å². The molecular formula is C8H17F3N2O9S3. The van der Waals surface area contributed by atoms with Gasteiger partial charge in [0.2, 0.25) is 0 Å². The van der Waals surface area contributed by atoms with E-state index in [4.69, 9.17) is 38.9 Å². The highest BCUT2D eigenvalue weighted by molar-refractivity contribution is 7.80. The van der Waals surface area contributed by atoms with Gasteiger partial charge in [0, 0.05) is 6.42 Å². The molecule has 0 aliphatic rings. The minimum atomic E-state index is -5.42. The zero-order valence-corrected chi connectivity index (χ0v) is 15.3. The summed E-state index contributed by atoms with van der Waals surface area (Å²) in [4.78, 5) is 3.20. The SMILES string of the molecule is CCCCc1[nH]cc[n+]1C.O=S(=O)(O)F.O=S(=O)(O)F.O=S(=O)([O-])F. The lowest BCUT2D eigenvalue weighted by Gasteiger charge is -1.91. The molecule has 1 heterocycles. The van der Waals surface area contributed by atoms with Crippen LogP contribution in [0.3, 0.4) is 0 Å². The number of hydrogen-bond donors (Lipinski definition) is 3. The summed E-state index contributed by atoms with van der Waals surface area (Å²) in [5.41, 5.74) is 0. The van der Waals surface area contributed by atoms with Gasteiger partial charge < -0.3 is 4.55 Å². The molecule has 0 fully saturated rings. The third kappa shape index (κ3) is 60.3. The van der Waals surface area contributed by atoms with E-state index >= 15 is 0 Å². The second-order valence-electron chi connectivity index (χ2n) is 3.84. The van der Waals surface area contributed by atoms with Gasteiger partial charge in [0.1, 0.15) is 12.4 Å². The van der Waals surface area contributed by atoms with Crippen LogP contribution in [0.2, 0.25) is 0 Å². The van der Waals surface area contributed by atoms with Gasteiger partial charge in [-0.15, -0.1) is 3.89 Å². The Labute approximate surface area is 143 Å². The number of hydrogen-bond acceptors (Lipinski definition) is 7. The zero-order chi connectivity index (χ0) is 20.9. The van der Waals surface area contributed by atoms with Gasteiger partial charge in [0.05, 0.1) is 7.05 Å². The largest absolute Gasteiger partial charge is 0.722 e. The van der Waals surface area contributed by atoms with Crippen LogP contribution in [-0.4, -0.2) is 43.9 Å². The lowest BCUT2D eigenvalue weighted by atomic mass is 10.2. The summed E-state index contributed by atoms with van der Waals surface area (Å²) in [6.07, 6.45) is 7.73. The van der Waals surface area contributed by atoms with E-state index in [0.717, 1.165) is 0 Å². The Morgan fingerprint density at radius 1 is 1.08 bits per heavy atom. The Hall–Kier alpha value is -1.27. The second kappa shape index (κ2) is 13.0. The van der Waals surface area contributed by atoms with Crippen molar-refractivity contribution in [2.45, 2.75) is 26.2 Å². The summed E-state index contributed by atoms with van der Waals surface area (Å²) in [6.45, 7) is 2.21. The molecule has 1 aromatic rings. The van der Waals surface area contributed by atoms with Crippen LogP contribution in [0.15, 0.2) is 12.4 Å². The fraction of sp³-hybridized carbons (Fsp3) is 0.625. The van der Waals surface area contributed by atoms with E-state index in [0.29, 0.717) is 0 Å². The minimum Gasteiger partial charge on any atom is -0.722 e. The van der Waals surface area contributed by atoms with Crippen LogP contribution in [-0.2, 0) is 45.0 Å². The van der Waals surface area contributed by atoms with E-state index in [9.17, 15) is 11.7 Å². The van der Waals surface area contributed by atoms with Crippen LogP contribution in [0.5, 0.6) is 0 Å². The Bertz CT molecular complexity index is 679. The van der Waals surface area contributed by atoms with Crippen molar-refractivity contribution in [3.8, 4) is 0 Å². The van der Waals surface area contributed by atoms with Crippen molar-refractivity contribution in [2.24, 2.45) is 7.05 Å². The van der Waals surface area contributed by atoms with Gasteiger partial charge in [-0.2, -0.15) is 16.8 Å². The number of nitrogens with one attached hydrogen (secondary N) is 1. The van der Waals surface area contributed by atoms with Crippen LogP contribution in [0.4, 0.5) is 11.7 Å². The molecular weight excluding hydrogens is 421 g/mol. The molecule has 0 radical (unpaired) electrons. The standard InChI is InChI=1S/C8H14N2.3FHO3S/c1-3-4-5-8-9-6-7-10(8)2;3*1-5(2,3)4/h6-7H,3-5H2,1-2H3;3*(H,2,3,4). The third-order valence-electron chi connectivity index (χ3n) is 1.74. The maximum absolute atomic E-state index is 10.2. The van der Waals surface area contributed by atoms with Gasteiger partial charge >= 0.3 is 21.0 Å². The van der Waals surface area contributed by atoms with Crippen molar-refractivity contribution in [3.05, 3.63) is 18.2 Å². The van der Waals surface area contributed by atoms with Crippen LogP contribution >= 0.6 is 0 Å². The van der Waals surface area contributed by atoms with E-state index in [1.54, 1.807) is 0 Å². The number of aromatic nitrogens is 2. The maximum Gasteiger partial charge on any atom is 0.435 e. The van der Waals surface area contributed by atoms with E-state index in [-0.39, 0.29) is 0 Å². The number of unbranched alkanes of at least 4 members (excludes halogenated alkanes) is 1. The Balaban J connectivity index is -0.000000279. The van der Waals surface area contributed by atoms with Crippen molar-refractivity contribution in [3.63, 3.8) is 0 Å². The number of aryl methyl sites for hydroxylation is 2. The normalized spacial score (nSPS) is 11.0. The first-order chi connectivity index (χ1) is 10.8. The average molecular weight is 438 g/mol. The summed E-state index contributed by atoms with van der Waals surface area (Å²) in [7, 11) is -13.7. The maximum atomic E-state index is 10.2. The lowest BCUT2D eigenvalue weighted by molar-refractivity contribution is -0.677. The summed E-state index contributed by atoms with van der Waals surface area (Å²) in [5, 5.41) is 0. The summed E-state index contributed by atoms with van der Waals surface area (Å²) < 4.78 is 106. The van der Waals surface area contributed by atoms with Gasteiger partial charge in [-0.05, 0) is 6.42 Å². The van der Waals surface area contributed by atoms with Crippen molar-refractivity contribution in [1.29, 1.82) is 0 Å². The van der Waals surface area contributed by atoms with Crippen molar-refractivity contribution in [2.75, 3.05) is 0 Å². The molecule has 3 N–H and O–H groups in total. The second-order valence-corrected chi connectivity index (χ2v) is 6.27. The smallest absolute Gasteiger partial charge is 0.435 e. The fourth-order valence-corrected chi connectivity index (χ4v) is 1.03. The first-order valence-electron chi connectivity index (χ1n) is 5.86.